The molecule has 11 heteroatoms. The summed E-state index contributed by atoms with van der Waals surface area (Å²) in [6.07, 6.45) is 2.44. The average molecular weight is 376 g/mol. The lowest BCUT2D eigenvalue weighted by molar-refractivity contribution is -0.385. The third kappa shape index (κ3) is 6.43. The van der Waals surface area contributed by atoms with Gasteiger partial charge in [-0.3, -0.25) is 14.9 Å². The Bertz CT molecular complexity index is 681. The van der Waals surface area contributed by atoms with Crippen molar-refractivity contribution in [2.24, 2.45) is 5.73 Å². The second-order valence-electron chi connectivity index (χ2n) is 4.83. The number of non-ortho nitro benzene ring substituents is 1. The summed E-state index contributed by atoms with van der Waals surface area (Å²) in [5, 5.41) is 13.2. The Kier molecular flexibility index (Phi) is 8.11. The summed E-state index contributed by atoms with van der Waals surface area (Å²) in [6, 6.07) is 4.09. The summed E-state index contributed by atoms with van der Waals surface area (Å²) in [7, 11) is -3.89. The predicted molar refractivity (Wildman–Crippen MR) is 92.3 cm³/mol. The van der Waals surface area contributed by atoms with Gasteiger partial charge in [-0.15, -0.1) is 0 Å². The van der Waals surface area contributed by atoms with Crippen LogP contribution in [0, 0.1) is 10.1 Å². The number of thioether (sulfide) groups is 1. The lowest BCUT2D eigenvalue weighted by Gasteiger charge is -2.12. The topological polar surface area (TPSA) is 144 Å². The Morgan fingerprint density at radius 3 is 2.75 bits per heavy atom. The highest BCUT2D eigenvalue weighted by Gasteiger charge is 2.17. The van der Waals surface area contributed by atoms with Crippen LogP contribution in [0.5, 0.6) is 0 Å². The van der Waals surface area contributed by atoms with Crippen LogP contribution in [-0.2, 0) is 14.8 Å². The minimum absolute atomic E-state index is 0.0496. The third-order valence-electron chi connectivity index (χ3n) is 3.02. The van der Waals surface area contributed by atoms with E-state index in [1.165, 1.54) is 18.2 Å². The van der Waals surface area contributed by atoms with Crippen LogP contribution in [0.15, 0.2) is 29.2 Å². The van der Waals surface area contributed by atoms with Gasteiger partial charge in [-0.2, -0.15) is 11.8 Å². The molecule has 0 saturated heterocycles. The van der Waals surface area contributed by atoms with Crippen LogP contribution in [-0.4, -0.2) is 50.4 Å². The van der Waals surface area contributed by atoms with Crippen LogP contribution in [0.25, 0.3) is 0 Å². The fourth-order valence-corrected chi connectivity index (χ4v) is 3.29. The van der Waals surface area contributed by atoms with Gasteiger partial charge in [0, 0.05) is 25.2 Å². The van der Waals surface area contributed by atoms with E-state index in [0.29, 0.717) is 6.42 Å². The highest BCUT2D eigenvalue weighted by Crippen LogP contribution is 2.16. The molecule has 134 valence electrons. The van der Waals surface area contributed by atoms with Gasteiger partial charge in [-0.05, 0) is 24.5 Å². The molecular formula is C13H20N4O5S2. The molecule has 1 aromatic rings. The second-order valence-corrected chi connectivity index (χ2v) is 7.58. The molecule has 1 aromatic carbocycles. The molecule has 0 saturated carbocycles. The predicted octanol–water partition coefficient (Wildman–Crippen LogP) is 0.0697. The lowest BCUT2D eigenvalue weighted by atomic mass is 10.2. The van der Waals surface area contributed by atoms with Crippen molar-refractivity contribution >= 4 is 33.4 Å². The van der Waals surface area contributed by atoms with Crippen molar-refractivity contribution in [3.05, 3.63) is 34.4 Å². The fraction of sp³-hybridized carbons (Fsp3) is 0.462. The van der Waals surface area contributed by atoms with Crippen LogP contribution in [0.2, 0.25) is 0 Å². The maximum Gasteiger partial charge on any atom is 0.270 e. The van der Waals surface area contributed by atoms with Crippen LogP contribution in [0.1, 0.15) is 6.42 Å². The molecule has 0 aliphatic rings. The largest absolute Gasteiger partial charge is 0.353 e. The first-order valence-corrected chi connectivity index (χ1v) is 9.92. The van der Waals surface area contributed by atoms with Gasteiger partial charge in [0.25, 0.3) is 5.69 Å². The monoisotopic (exact) mass is 376 g/mol. The van der Waals surface area contributed by atoms with Crippen molar-refractivity contribution in [3.8, 4) is 0 Å². The van der Waals surface area contributed by atoms with Crippen molar-refractivity contribution in [2.45, 2.75) is 17.4 Å². The smallest absolute Gasteiger partial charge is 0.270 e. The SMILES string of the molecule is CSCC[C@H](N)C(=O)NCCNS(=O)(=O)c1cccc([N+](=O)[O-])c1. The van der Waals surface area contributed by atoms with Crippen molar-refractivity contribution in [1.29, 1.82) is 0 Å². The summed E-state index contributed by atoms with van der Waals surface area (Å²) < 4.78 is 26.4. The van der Waals surface area contributed by atoms with Gasteiger partial charge in [0.2, 0.25) is 15.9 Å². The molecular weight excluding hydrogens is 356 g/mol. The van der Waals surface area contributed by atoms with E-state index in [-0.39, 0.29) is 29.6 Å². The van der Waals surface area contributed by atoms with E-state index >= 15 is 0 Å². The van der Waals surface area contributed by atoms with E-state index in [0.717, 1.165) is 11.8 Å². The summed E-state index contributed by atoms with van der Waals surface area (Å²) in [4.78, 5) is 21.5. The molecule has 0 unspecified atom stereocenters. The molecule has 0 aliphatic carbocycles. The molecule has 9 nitrogen and oxygen atoms in total. The zero-order valence-corrected chi connectivity index (χ0v) is 14.7. The van der Waals surface area contributed by atoms with Gasteiger partial charge < -0.3 is 11.1 Å². The van der Waals surface area contributed by atoms with Crippen LogP contribution >= 0.6 is 11.8 Å². The highest BCUT2D eigenvalue weighted by molar-refractivity contribution is 7.98. The first-order chi connectivity index (χ1) is 11.3. The van der Waals surface area contributed by atoms with E-state index in [1.807, 2.05) is 6.26 Å². The number of hydrogen-bond acceptors (Lipinski definition) is 7. The number of rotatable bonds is 10. The number of nitrogens with two attached hydrogens (primary N) is 1. The van der Waals surface area contributed by atoms with Gasteiger partial charge in [-0.1, -0.05) is 6.07 Å². The van der Waals surface area contributed by atoms with E-state index in [4.69, 9.17) is 5.73 Å². The first-order valence-electron chi connectivity index (χ1n) is 7.04. The highest BCUT2D eigenvalue weighted by atomic mass is 32.2. The second kappa shape index (κ2) is 9.57. The molecule has 0 bridgehead atoms. The Hall–Kier alpha value is -1.69. The minimum atomic E-state index is -3.89. The number of nitro groups is 1. The van der Waals surface area contributed by atoms with Crippen LogP contribution < -0.4 is 15.8 Å². The summed E-state index contributed by atoms with van der Waals surface area (Å²) >= 11 is 1.58. The average Bonchev–Trinajstić information content (AvgIpc) is 2.56. The molecule has 0 spiro atoms. The van der Waals surface area contributed by atoms with Crippen molar-refractivity contribution in [3.63, 3.8) is 0 Å². The zero-order valence-electron chi connectivity index (χ0n) is 13.1. The van der Waals surface area contributed by atoms with Gasteiger partial charge >= 0.3 is 0 Å². The Balaban J connectivity index is 2.50. The number of sulfonamides is 1. The van der Waals surface area contributed by atoms with Gasteiger partial charge in [0.1, 0.15) is 0 Å². The number of carbonyl (C=O) groups is 1. The number of benzene rings is 1. The van der Waals surface area contributed by atoms with E-state index in [9.17, 15) is 23.3 Å². The maximum atomic E-state index is 12.1. The first kappa shape index (κ1) is 20.4. The Morgan fingerprint density at radius 1 is 1.42 bits per heavy atom. The number of nitro benzene ring substituents is 1. The summed E-state index contributed by atoms with van der Waals surface area (Å²) in [5.74, 6) is 0.409. The molecule has 24 heavy (non-hydrogen) atoms. The third-order valence-corrected chi connectivity index (χ3v) is 5.13. The molecule has 0 heterocycles. The molecule has 4 N–H and O–H groups in total. The molecule has 0 aliphatic heterocycles. The van der Waals surface area contributed by atoms with Crippen molar-refractivity contribution in [1.82, 2.24) is 10.0 Å². The molecule has 0 radical (unpaired) electrons. The molecule has 0 aromatic heterocycles. The molecule has 1 atom stereocenters. The van der Waals surface area contributed by atoms with Crippen molar-refractivity contribution < 1.29 is 18.1 Å². The quantitative estimate of drug-likeness (QED) is 0.298. The number of amides is 1. The van der Waals surface area contributed by atoms with E-state index in [2.05, 4.69) is 10.0 Å². The molecule has 1 amide bonds. The number of nitrogens with zero attached hydrogens (tertiary/aromatic N) is 1. The van der Waals surface area contributed by atoms with Crippen molar-refractivity contribution in [2.75, 3.05) is 25.1 Å². The number of nitrogens with one attached hydrogen (secondary N) is 2. The standard InChI is InChI=1S/C13H20N4O5S2/c1-23-8-5-12(14)13(18)15-6-7-16-24(21,22)11-4-2-3-10(9-11)17(19)20/h2-4,9,12,16H,5-8,14H2,1H3,(H,15,18)/t12-/m0/s1. The van der Waals surface area contributed by atoms with E-state index < -0.39 is 21.0 Å². The molecule has 1 rings (SSSR count). The maximum absolute atomic E-state index is 12.1. The normalized spacial score (nSPS) is 12.6. The summed E-state index contributed by atoms with van der Waals surface area (Å²) in [6.45, 7) is 0.0198. The van der Waals surface area contributed by atoms with Crippen LogP contribution in [0.3, 0.4) is 0 Å². The Labute approximate surface area is 144 Å². The van der Waals surface area contributed by atoms with Gasteiger partial charge in [-0.25, -0.2) is 13.1 Å². The van der Waals surface area contributed by atoms with Crippen LogP contribution in [0.4, 0.5) is 5.69 Å². The summed E-state index contributed by atoms with van der Waals surface area (Å²) in [5.41, 5.74) is 5.37. The minimum Gasteiger partial charge on any atom is -0.353 e. The lowest BCUT2D eigenvalue weighted by Crippen LogP contribution is -2.43. The number of carbonyl (C=O) groups excluding carboxylic acids is 1. The fourth-order valence-electron chi connectivity index (χ4n) is 1.73. The van der Waals surface area contributed by atoms with E-state index in [1.54, 1.807) is 11.8 Å². The Morgan fingerprint density at radius 2 is 2.12 bits per heavy atom. The number of hydrogen-bond donors (Lipinski definition) is 3. The van der Waals surface area contributed by atoms with Gasteiger partial charge in [0.15, 0.2) is 0 Å². The van der Waals surface area contributed by atoms with Gasteiger partial charge in [0.05, 0.1) is 15.9 Å². The zero-order chi connectivity index (χ0) is 18.2. The molecule has 0 fully saturated rings.